The number of hydrogen-bond donors (Lipinski definition) is 0. The van der Waals surface area contributed by atoms with Crippen LogP contribution in [0.15, 0.2) is 18.3 Å². The van der Waals surface area contributed by atoms with Crippen molar-refractivity contribution in [1.82, 2.24) is 19.9 Å². The second kappa shape index (κ2) is 7.68. The van der Waals surface area contributed by atoms with Crippen molar-refractivity contribution in [2.75, 3.05) is 26.3 Å². The largest absolute Gasteiger partial charge is 0.484 e. The lowest BCUT2D eigenvalue weighted by atomic mass is 10.0. The van der Waals surface area contributed by atoms with Gasteiger partial charge in [0.2, 0.25) is 5.88 Å². The minimum Gasteiger partial charge on any atom is -0.484 e. The van der Waals surface area contributed by atoms with Crippen LogP contribution >= 0.6 is 0 Å². The van der Waals surface area contributed by atoms with Crippen LogP contribution in [0.1, 0.15) is 42.9 Å². The van der Waals surface area contributed by atoms with Crippen molar-refractivity contribution in [3.8, 4) is 17.5 Å². The molecule has 0 radical (unpaired) electrons. The lowest BCUT2D eigenvalue weighted by Gasteiger charge is -2.36. The topological polar surface area (TPSA) is 69.6 Å². The average molecular weight is 370 g/mol. The standard InChI is InChI=1S/C20H26N4O3/c1-13-11-21-19(14(2)22-13)27-16-5-4-8-24(12-16)15(3)17-6-7-18-20(23-17)26-10-9-25-18/h6-7,11,15-16H,4-5,8-10,12H2,1-3H3. The van der Waals surface area contributed by atoms with E-state index in [1.807, 2.05) is 26.0 Å². The molecule has 0 spiro atoms. The van der Waals surface area contributed by atoms with E-state index in [4.69, 9.17) is 14.2 Å². The molecule has 7 heteroatoms. The third-order valence-electron chi connectivity index (χ3n) is 5.11. The van der Waals surface area contributed by atoms with Crippen molar-refractivity contribution in [3.05, 3.63) is 35.4 Å². The van der Waals surface area contributed by atoms with E-state index in [0.29, 0.717) is 25.0 Å². The van der Waals surface area contributed by atoms with Crippen molar-refractivity contribution in [2.24, 2.45) is 0 Å². The molecule has 7 nitrogen and oxygen atoms in total. The van der Waals surface area contributed by atoms with E-state index in [-0.39, 0.29) is 12.1 Å². The molecule has 2 aromatic heterocycles. The smallest absolute Gasteiger partial charge is 0.257 e. The summed E-state index contributed by atoms with van der Waals surface area (Å²) in [6.07, 6.45) is 3.96. The second-order valence-corrected chi connectivity index (χ2v) is 7.19. The molecular weight excluding hydrogens is 344 g/mol. The van der Waals surface area contributed by atoms with Crippen LogP contribution in [0.5, 0.6) is 17.5 Å². The van der Waals surface area contributed by atoms with Gasteiger partial charge in [-0.3, -0.25) is 9.88 Å². The highest BCUT2D eigenvalue weighted by molar-refractivity contribution is 5.36. The third kappa shape index (κ3) is 3.98. The van der Waals surface area contributed by atoms with Crippen molar-refractivity contribution >= 4 is 0 Å². The molecule has 0 N–H and O–H groups in total. The Morgan fingerprint density at radius 1 is 1.19 bits per heavy atom. The number of hydrogen-bond acceptors (Lipinski definition) is 7. The number of likely N-dealkylation sites (tertiary alicyclic amines) is 1. The van der Waals surface area contributed by atoms with Crippen molar-refractivity contribution in [3.63, 3.8) is 0 Å². The van der Waals surface area contributed by atoms with Gasteiger partial charge in [0.05, 0.1) is 23.3 Å². The maximum Gasteiger partial charge on any atom is 0.257 e. The zero-order valence-electron chi connectivity index (χ0n) is 16.1. The molecule has 4 rings (SSSR count). The maximum atomic E-state index is 6.17. The summed E-state index contributed by atoms with van der Waals surface area (Å²) in [5.74, 6) is 1.96. The zero-order chi connectivity index (χ0) is 18.8. The number of fused-ring (bicyclic) bond motifs is 1. The summed E-state index contributed by atoms with van der Waals surface area (Å²) >= 11 is 0. The predicted molar refractivity (Wildman–Crippen MR) is 100 cm³/mol. The van der Waals surface area contributed by atoms with Crippen LogP contribution in [-0.2, 0) is 0 Å². The van der Waals surface area contributed by atoms with Gasteiger partial charge in [-0.05, 0) is 52.3 Å². The van der Waals surface area contributed by atoms with Crippen LogP contribution in [0.4, 0.5) is 0 Å². The highest BCUT2D eigenvalue weighted by Crippen LogP contribution is 2.32. The number of pyridine rings is 1. The summed E-state index contributed by atoms with van der Waals surface area (Å²) in [5.41, 5.74) is 2.74. The maximum absolute atomic E-state index is 6.17. The summed E-state index contributed by atoms with van der Waals surface area (Å²) < 4.78 is 17.4. The predicted octanol–water partition coefficient (Wildman–Crippen LogP) is 2.86. The van der Waals surface area contributed by atoms with E-state index >= 15 is 0 Å². The molecule has 2 aliphatic heterocycles. The summed E-state index contributed by atoms with van der Waals surface area (Å²) in [6.45, 7) is 9.05. The van der Waals surface area contributed by atoms with E-state index in [9.17, 15) is 0 Å². The van der Waals surface area contributed by atoms with Crippen LogP contribution < -0.4 is 14.2 Å². The highest BCUT2D eigenvalue weighted by Gasteiger charge is 2.28. The zero-order valence-corrected chi connectivity index (χ0v) is 16.1. The summed E-state index contributed by atoms with van der Waals surface area (Å²) in [5, 5.41) is 0. The monoisotopic (exact) mass is 370 g/mol. The third-order valence-corrected chi connectivity index (χ3v) is 5.11. The number of piperidine rings is 1. The summed E-state index contributed by atoms with van der Waals surface area (Å²) in [4.78, 5) is 15.9. The van der Waals surface area contributed by atoms with Gasteiger partial charge in [0.1, 0.15) is 19.3 Å². The second-order valence-electron chi connectivity index (χ2n) is 7.19. The Hall–Kier alpha value is -2.41. The molecule has 2 atom stereocenters. The molecular formula is C20H26N4O3. The Labute approximate surface area is 159 Å². The fraction of sp³-hybridized carbons (Fsp3) is 0.550. The van der Waals surface area contributed by atoms with E-state index in [1.165, 1.54) is 0 Å². The van der Waals surface area contributed by atoms with E-state index in [2.05, 4.69) is 26.8 Å². The van der Waals surface area contributed by atoms with Gasteiger partial charge in [0.15, 0.2) is 5.75 Å². The quantitative estimate of drug-likeness (QED) is 0.819. The number of aryl methyl sites for hydroxylation is 2. The van der Waals surface area contributed by atoms with Gasteiger partial charge in [0, 0.05) is 12.6 Å². The van der Waals surface area contributed by atoms with Gasteiger partial charge in [-0.2, -0.15) is 0 Å². The molecule has 27 heavy (non-hydrogen) atoms. The minimum atomic E-state index is 0.106. The molecule has 0 bridgehead atoms. The van der Waals surface area contributed by atoms with Crippen LogP contribution in [0.3, 0.4) is 0 Å². The fourth-order valence-corrected chi connectivity index (χ4v) is 3.64. The fourth-order valence-electron chi connectivity index (χ4n) is 3.64. The van der Waals surface area contributed by atoms with Gasteiger partial charge in [-0.1, -0.05) is 0 Å². The first kappa shape index (κ1) is 18.0. The Kier molecular flexibility index (Phi) is 5.11. The molecule has 2 aliphatic rings. The lowest BCUT2D eigenvalue weighted by molar-refractivity contribution is 0.0607. The molecule has 0 saturated carbocycles. The SMILES string of the molecule is Cc1cnc(OC2CCCN(C(C)c3ccc4c(n3)OCCO4)C2)c(C)n1. The Balaban J connectivity index is 1.44. The van der Waals surface area contributed by atoms with Gasteiger partial charge < -0.3 is 14.2 Å². The average Bonchev–Trinajstić information content (AvgIpc) is 2.69. The summed E-state index contributed by atoms with van der Waals surface area (Å²) in [6, 6.07) is 4.16. The molecule has 4 heterocycles. The Morgan fingerprint density at radius 3 is 2.89 bits per heavy atom. The molecule has 1 saturated heterocycles. The van der Waals surface area contributed by atoms with E-state index in [0.717, 1.165) is 48.8 Å². The van der Waals surface area contributed by atoms with Gasteiger partial charge >= 0.3 is 0 Å². The van der Waals surface area contributed by atoms with Gasteiger partial charge in [-0.25, -0.2) is 9.97 Å². The number of nitrogens with zero attached hydrogens (tertiary/aromatic N) is 4. The molecule has 2 unspecified atom stereocenters. The first-order valence-corrected chi connectivity index (χ1v) is 9.57. The lowest BCUT2D eigenvalue weighted by Crippen LogP contribution is -2.42. The van der Waals surface area contributed by atoms with Crippen molar-refractivity contribution in [1.29, 1.82) is 0 Å². The molecule has 0 aliphatic carbocycles. The first-order valence-electron chi connectivity index (χ1n) is 9.57. The molecule has 2 aromatic rings. The van der Waals surface area contributed by atoms with Gasteiger partial charge in [-0.15, -0.1) is 0 Å². The van der Waals surface area contributed by atoms with E-state index in [1.54, 1.807) is 6.20 Å². The normalized spacial score (nSPS) is 20.9. The van der Waals surface area contributed by atoms with Crippen molar-refractivity contribution < 1.29 is 14.2 Å². The molecule has 144 valence electrons. The highest BCUT2D eigenvalue weighted by atomic mass is 16.6. The first-order chi connectivity index (χ1) is 13.1. The molecule has 0 amide bonds. The number of rotatable bonds is 4. The van der Waals surface area contributed by atoms with Crippen molar-refractivity contribution in [2.45, 2.75) is 45.8 Å². The van der Waals surface area contributed by atoms with Crippen LogP contribution in [0.2, 0.25) is 0 Å². The number of aromatic nitrogens is 3. The van der Waals surface area contributed by atoms with Crippen LogP contribution in [0, 0.1) is 13.8 Å². The Morgan fingerprint density at radius 2 is 2.04 bits per heavy atom. The van der Waals surface area contributed by atoms with Crippen LogP contribution in [-0.4, -0.2) is 52.3 Å². The Bertz CT molecular complexity index is 814. The molecule has 1 fully saturated rings. The van der Waals surface area contributed by atoms with E-state index < -0.39 is 0 Å². The van der Waals surface area contributed by atoms with Crippen LogP contribution in [0.25, 0.3) is 0 Å². The minimum absolute atomic E-state index is 0.106. The molecule has 0 aromatic carbocycles. The van der Waals surface area contributed by atoms with Gasteiger partial charge in [0.25, 0.3) is 5.88 Å². The number of ether oxygens (including phenoxy) is 3. The summed E-state index contributed by atoms with van der Waals surface area (Å²) in [7, 11) is 0.